The standard InChI is InChI=1S/C17H21FN6O3/c18-15-9-13(22-10-14(11-25)27-23-26)4-5-16(15)24(12-19)8-7-21-17-3-1-2-6-20-17/h1-6,9,12,14,19,22,25H,7-8,10-11H2,(H,20,21). The van der Waals surface area contributed by atoms with E-state index in [0.29, 0.717) is 24.6 Å². The molecule has 1 aromatic heterocycles. The highest BCUT2D eigenvalue weighted by Gasteiger charge is 2.12. The summed E-state index contributed by atoms with van der Waals surface area (Å²) in [6, 6.07) is 9.91. The molecule has 0 saturated heterocycles. The zero-order valence-corrected chi connectivity index (χ0v) is 14.5. The fourth-order valence-corrected chi connectivity index (χ4v) is 2.30. The molecule has 27 heavy (non-hydrogen) atoms. The van der Waals surface area contributed by atoms with Gasteiger partial charge in [-0.3, -0.25) is 5.41 Å². The lowest BCUT2D eigenvalue weighted by Gasteiger charge is -2.21. The molecule has 10 heteroatoms. The number of aliphatic hydroxyl groups excluding tert-OH is 1. The monoisotopic (exact) mass is 376 g/mol. The summed E-state index contributed by atoms with van der Waals surface area (Å²) in [7, 11) is 0. The third kappa shape index (κ3) is 6.19. The van der Waals surface area contributed by atoms with E-state index in [4.69, 9.17) is 10.5 Å². The highest BCUT2D eigenvalue weighted by molar-refractivity contribution is 5.78. The number of pyridine rings is 1. The number of hydrogen-bond acceptors (Lipinski definition) is 8. The molecule has 2 rings (SSSR count). The summed E-state index contributed by atoms with van der Waals surface area (Å²) >= 11 is 0. The summed E-state index contributed by atoms with van der Waals surface area (Å²) < 4.78 is 14.4. The first-order valence-electron chi connectivity index (χ1n) is 8.22. The maximum Gasteiger partial charge on any atom is 0.170 e. The molecule has 0 bridgehead atoms. The maximum atomic E-state index is 14.4. The average Bonchev–Trinajstić information content (AvgIpc) is 2.70. The zero-order chi connectivity index (χ0) is 19.5. The fraction of sp³-hybridized carbons (Fsp3) is 0.294. The van der Waals surface area contributed by atoms with E-state index in [9.17, 15) is 9.30 Å². The lowest BCUT2D eigenvalue weighted by molar-refractivity contribution is 0.0223. The van der Waals surface area contributed by atoms with Crippen LogP contribution in [0.5, 0.6) is 0 Å². The van der Waals surface area contributed by atoms with E-state index in [1.165, 1.54) is 17.0 Å². The van der Waals surface area contributed by atoms with Crippen molar-refractivity contribution >= 4 is 23.5 Å². The van der Waals surface area contributed by atoms with Gasteiger partial charge in [-0.25, -0.2) is 9.37 Å². The van der Waals surface area contributed by atoms with Gasteiger partial charge in [-0.15, -0.1) is 4.91 Å². The van der Waals surface area contributed by atoms with Crippen molar-refractivity contribution in [3.05, 3.63) is 53.3 Å². The summed E-state index contributed by atoms with van der Waals surface area (Å²) in [5.74, 6) is 0.184. The number of hydrogen-bond donors (Lipinski definition) is 4. The fourth-order valence-electron chi connectivity index (χ4n) is 2.30. The van der Waals surface area contributed by atoms with Crippen LogP contribution >= 0.6 is 0 Å². The van der Waals surface area contributed by atoms with Crippen LogP contribution in [0.4, 0.5) is 21.6 Å². The summed E-state index contributed by atoms with van der Waals surface area (Å²) in [5.41, 5.74) is 0.698. The Morgan fingerprint density at radius 2 is 2.22 bits per heavy atom. The highest BCUT2D eigenvalue weighted by Crippen LogP contribution is 2.22. The van der Waals surface area contributed by atoms with Crippen molar-refractivity contribution in [3.63, 3.8) is 0 Å². The Kier molecular flexibility index (Phi) is 7.92. The minimum absolute atomic E-state index is 0.0866. The van der Waals surface area contributed by atoms with Crippen LogP contribution in [0, 0.1) is 16.1 Å². The Morgan fingerprint density at radius 3 is 2.85 bits per heavy atom. The van der Waals surface area contributed by atoms with Gasteiger partial charge in [0.25, 0.3) is 0 Å². The van der Waals surface area contributed by atoms with Crippen LogP contribution in [0.1, 0.15) is 0 Å². The van der Waals surface area contributed by atoms with Crippen LogP contribution in [-0.4, -0.2) is 48.8 Å². The molecule has 0 radical (unpaired) electrons. The normalized spacial score (nSPS) is 11.3. The molecule has 0 spiro atoms. The van der Waals surface area contributed by atoms with Gasteiger partial charge < -0.3 is 25.5 Å². The predicted molar refractivity (Wildman–Crippen MR) is 101 cm³/mol. The molecule has 0 amide bonds. The molecule has 144 valence electrons. The first-order chi connectivity index (χ1) is 13.2. The molecule has 0 saturated carbocycles. The molecule has 1 atom stereocenters. The molecule has 9 nitrogen and oxygen atoms in total. The topological polar surface area (TPSA) is 123 Å². The molecule has 2 aromatic rings. The Hall–Kier alpha value is -3.27. The summed E-state index contributed by atoms with van der Waals surface area (Å²) in [6.45, 7) is 0.530. The van der Waals surface area contributed by atoms with Crippen molar-refractivity contribution in [3.8, 4) is 0 Å². The van der Waals surface area contributed by atoms with Gasteiger partial charge in [0.2, 0.25) is 0 Å². The van der Waals surface area contributed by atoms with Crippen molar-refractivity contribution in [1.82, 2.24) is 4.98 Å². The molecular formula is C17H21FN6O3. The number of aromatic nitrogens is 1. The summed E-state index contributed by atoms with van der Waals surface area (Å²) in [5, 5.41) is 24.8. The number of benzene rings is 1. The highest BCUT2D eigenvalue weighted by atomic mass is 19.1. The summed E-state index contributed by atoms with van der Waals surface area (Å²) in [4.78, 5) is 20.1. The Morgan fingerprint density at radius 1 is 1.37 bits per heavy atom. The van der Waals surface area contributed by atoms with Gasteiger partial charge >= 0.3 is 0 Å². The smallest absolute Gasteiger partial charge is 0.170 e. The van der Waals surface area contributed by atoms with E-state index >= 15 is 0 Å². The molecule has 1 heterocycles. The van der Waals surface area contributed by atoms with E-state index in [1.54, 1.807) is 12.3 Å². The molecule has 0 aliphatic carbocycles. The van der Waals surface area contributed by atoms with Crippen LogP contribution < -0.4 is 15.5 Å². The van der Waals surface area contributed by atoms with Crippen LogP contribution in [0.2, 0.25) is 0 Å². The van der Waals surface area contributed by atoms with Gasteiger partial charge in [-0.1, -0.05) is 6.07 Å². The van der Waals surface area contributed by atoms with E-state index in [0.717, 1.165) is 6.34 Å². The number of nitrogens with zero attached hydrogens (tertiary/aromatic N) is 3. The van der Waals surface area contributed by atoms with E-state index in [1.807, 2.05) is 18.2 Å². The minimum atomic E-state index is -0.819. The number of rotatable bonds is 12. The van der Waals surface area contributed by atoms with Crippen LogP contribution in [0.15, 0.2) is 47.9 Å². The van der Waals surface area contributed by atoms with Crippen LogP contribution in [-0.2, 0) is 4.84 Å². The molecule has 0 aliphatic heterocycles. The van der Waals surface area contributed by atoms with E-state index < -0.39 is 18.5 Å². The van der Waals surface area contributed by atoms with Gasteiger partial charge in [0.15, 0.2) is 11.4 Å². The van der Waals surface area contributed by atoms with Gasteiger partial charge in [0, 0.05) is 25.0 Å². The largest absolute Gasteiger partial charge is 0.392 e. The Labute approximate surface area is 155 Å². The van der Waals surface area contributed by atoms with Gasteiger partial charge in [0.05, 0.1) is 25.2 Å². The molecular weight excluding hydrogens is 355 g/mol. The lowest BCUT2D eigenvalue weighted by atomic mass is 10.2. The molecule has 4 N–H and O–H groups in total. The summed E-state index contributed by atoms with van der Waals surface area (Å²) in [6.07, 6.45) is 1.90. The van der Waals surface area contributed by atoms with Crippen LogP contribution in [0.3, 0.4) is 0 Å². The van der Waals surface area contributed by atoms with E-state index in [2.05, 4.69) is 25.8 Å². The second-order valence-corrected chi connectivity index (χ2v) is 5.50. The molecule has 0 aliphatic rings. The van der Waals surface area contributed by atoms with Crippen molar-refractivity contribution in [1.29, 1.82) is 5.41 Å². The second-order valence-electron chi connectivity index (χ2n) is 5.50. The number of halogens is 1. The van der Waals surface area contributed by atoms with Crippen molar-refractivity contribution in [2.75, 3.05) is 41.8 Å². The van der Waals surface area contributed by atoms with Gasteiger partial charge in [-0.05, 0) is 30.3 Å². The Balaban J connectivity index is 1.93. The maximum absolute atomic E-state index is 14.4. The van der Waals surface area contributed by atoms with E-state index in [-0.39, 0.29) is 12.2 Å². The third-order valence-corrected chi connectivity index (χ3v) is 3.67. The zero-order valence-electron chi connectivity index (χ0n) is 14.5. The Bertz CT molecular complexity index is 734. The molecule has 0 fully saturated rings. The second kappa shape index (κ2) is 10.7. The van der Waals surface area contributed by atoms with Crippen LogP contribution in [0.25, 0.3) is 0 Å². The van der Waals surface area contributed by atoms with Gasteiger partial charge in [0.1, 0.15) is 11.6 Å². The van der Waals surface area contributed by atoms with Crippen molar-refractivity contribution in [2.45, 2.75) is 6.10 Å². The van der Waals surface area contributed by atoms with Crippen molar-refractivity contribution in [2.24, 2.45) is 5.34 Å². The molecule has 1 aromatic carbocycles. The van der Waals surface area contributed by atoms with Gasteiger partial charge in [-0.2, -0.15) is 0 Å². The first-order valence-corrected chi connectivity index (χ1v) is 8.22. The average molecular weight is 376 g/mol. The lowest BCUT2D eigenvalue weighted by Crippen LogP contribution is -2.28. The first kappa shape index (κ1) is 20.0. The molecule has 1 unspecified atom stereocenters. The number of aliphatic hydroxyl groups is 1. The third-order valence-electron chi connectivity index (χ3n) is 3.67. The predicted octanol–water partition coefficient (Wildman–Crippen LogP) is 2.22. The number of anilines is 3. The minimum Gasteiger partial charge on any atom is -0.392 e. The quantitative estimate of drug-likeness (QED) is 0.194. The SMILES string of the molecule is N=CN(CCNc1ccccn1)c1ccc(NCC(CO)ON=O)cc1F. The van der Waals surface area contributed by atoms with Crippen molar-refractivity contribution < 1.29 is 14.3 Å². The number of nitrogens with one attached hydrogen (secondary N) is 3.